The number of unbranched alkanes of at least 4 members (excludes halogenated alkanes) is 2. The number of hydrogen-bond donors (Lipinski definition) is 0. The second-order valence-electron chi connectivity index (χ2n) is 19.5. The van der Waals surface area contributed by atoms with Crippen LogP contribution in [0.25, 0.3) is 0 Å². The highest BCUT2D eigenvalue weighted by atomic mass is 28.5. The van der Waals surface area contributed by atoms with Crippen LogP contribution >= 0.6 is 0 Å². The SMILES string of the molecule is CCCCC[Si]1(C)CCCC[Si](C)(OC)CCCC[Si]2(C)CCCC[Si]3(C)CCCC[Si](C)(CCCC[Si](C)(C)O[Si](C)(C)O3)O[Si](C)(O1)O2. The molecule has 0 amide bonds. The molecular formula is C36H84O6Si8. The van der Waals surface area contributed by atoms with Crippen molar-refractivity contribution in [2.75, 3.05) is 7.11 Å². The van der Waals surface area contributed by atoms with Crippen LogP contribution in [0.15, 0.2) is 0 Å². The summed E-state index contributed by atoms with van der Waals surface area (Å²) in [5, 5.41) is 0. The lowest BCUT2D eigenvalue weighted by molar-refractivity contribution is 0.250. The van der Waals surface area contributed by atoms with Crippen LogP contribution in [0.5, 0.6) is 0 Å². The maximum atomic E-state index is 7.83. The Kier molecular flexibility index (Phi) is 18.0. The average molecular weight is 838 g/mol. The first-order valence-corrected chi connectivity index (χ1v) is 43.5. The van der Waals surface area contributed by atoms with Crippen LogP contribution in [0.2, 0.25) is 132 Å². The number of hydrogen-bond acceptors (Lipinski definition) is 6. The molecule has 0 aromatic rings. The van der Waals surface area contributed by atoms with Crippen molar-refractivity contribution in [2.45, 2.75) is 222 Å². The molecule has 6 atom stereocenters. The predicted molar refractivity (Wildman–Crippen MR) is 236 cm³/mol. The van der Waals surface area contributed by atoms with Gasteiger partial charge in [0.15, 0.2) is 49.9 Å². The van der Waals surface area contributed by atoms with E-state index in [2.05, 4.69) is 72.4 Å². The van der Waals surface area contributed by atoms with Gasteiger partial charge >= 0.3 is 17.4 Å². The van der Waals surface area contributed by atoms with Gasteiger partial charge in [0.2, 0.25) is 0 Å². The van der Waals surface area contributed by atoms with E-state index < -0.39 is 67.3 Å². The minimum absolute atomic E-state index is 1.22. The zero-order valence-corrected chi connectivity index (χ0v) is 43.4. The molecule has 0 aromatic heterocycles. The molecule has 3 rings (SSSR count). The molecule has 3 aliphatic rings. The molecule has 3 saturated heterocycles. The van der Waals surface area contributed by atoms with Gasteiger partial charge in [-0.05, 0) is 125 Å². The van der Waals surface area contributed by atoms with Gasteiger partial charge in [-0.1, -0.05) is 90.4 Å². The highest BCUT2D eigenvalue weighted by molar-refractivity contribution is 6.91. The van der Waals surface area contributed by atoms with E-state index in [-0.39, 0.29) is 0 Å². The maximum absolute atomic E-state index is 7.83. The van der Waals surface area contributed by atoms with E-state index in [0.717, 1.165) is 0 Å². The smallest absolute Gasteiger partial charge is 0.437 e. The number of fused-ring (bicyclic) bond motifs is 7. The summed E-state index contributed by atoms with van der Waals surface area (Å²) in [6, 6.07) is 13.7. The molecule has 3 aliphatic heterocycles. The van der Waals surface area contributed by atoms with Crippen LogP contribution in [0.3, 0.4) is 0 Å². The normalized spacial score (nSPS) is 40.8. The second-order valence-corrected chi connectivity index (χ2v) is 52.0. The molecule has 0 aliphatic carbocycles. The van der Waals surface area contributed by atoms with E-state index in [4.69, 9.17) is 25.0 Å². The van der Waals surface area contributed by atoms with E-state index in [1.54, 1.807) is 0 Å². The van der Waals surface area contributed by atoms with E-state index in [1.165, 1.54) is 150 Å². The molecule has 6 unspecified atom stereocenters. The Bertz CT molecular complexity index is 1030. The summed E-state index contributed by atoms with van der Waals surface area (Å²) in [6.45, 7) is 27.1. The Balaban J connectivity index is 2.07. The monoisotopic (exact) mass is 836 g/mol. The van der Waals surface area contributed by atoms with Crippen LogP contribution in [-0.4, -0.2) is 74.4 Å². The molecule has 3 heterocycles. The first-order valence-electron chi connectivity index (χ1n) is 21.2. The maximum Gasteiger partial charge on any atom is 0.466 e. The molecule has 0 aromatic carbocycles. The highest BCUT2D eigenvalue weighted by Gasteiger charge is 2.52. The zero-order chi connectivity index (χ0) is 37.2. The van der Waals surface area contributed by atoms with Gasteiger partial charge in [-0.2, -0.15) is 0 Å². The summed E-state index contributed by atoms with van der Waals surface area (Å²) in [5.74, 6) is 0. The molecule has 0 saturated carbocycles. The van der Waals surface area contributed by atoms with Gasteiger partial charge in [-0.25, -0.2) is 0 Å². The van der Waals surface area contributed by atoms with Crippen molar-refractivity contribution >= 4 is 67.3 Å². The fourth-order valence-electron chi connectivity index (χ4n) is 9.76. The Labute approximate surface area is 320 Å². The molecular weight excluding hydrogens is 753 g/mol. The standard InChI is InChI=1S/C36H84O6Si8/c1-13-14-15-29-47(9)33-20-18-27-45(7,37-2)28-19-21-34-49(11)36-25-23-31-46(8)30-22-24-35-48(10,41-50(12,40-47)42-49)32-17-16-26-43(3,4)38-44(5,6)39-46/h13-36H2,1-12H3. The third kappa shape index (κ3) is 15.9. The van der Waals surface area contributed by atoms with Crippen LogP contribution < -0.4 is 0 Å². The van der Waals surface area contributed by atoms with Crippen molar-refractivity contribution in [1.29, 1.82) is 0 Å². The lowest BCUT2D eigenvalue weighted by atomic mass is 10.3. The first kappa shape index (κ1) is 45.9. The molecule has 296 valence electrons. The summed E-state index contributed by atoms with van der Waals surface area (Å²) in [7, 11) is -14.9. The van der Waals surface area contributed by atoms with Gasteiger partial charge in [0.25, 0.3) is 0 Å². The van der Waals surface area contributed by atoms with Crippen LogP contribution in [0.1, 0.15) is 90.4 Å². The van der Waals surface area contributed by atoms with E-state index in [9.17, 15) is 0 Å². The summed E-state index contributed by atoms with van der Waals surface area (Å²) in [5.41, 5.74) is 0. The molecule has 0 spiro atoms. The van der Waals surface area contributed by atoms with Crippen molar-refractivity contribution in [2.24, 2.45) is 0 Å². The van der Waals surface area contributed by atoms with Gasteiger partial charge in [-0.15, -0.1) is 0 Å². The molecule has 3 fully saturated rings. The van der Waals surface area contributed by atoms with E-state index in [1.807, 2.05) is 7.11 Å². The average Bonchev–Trinajstić information content (AvgIpc) is 2.98. The molecule has 50 heavy (non-hydrogen) atoms. The van der Waals surface area contributed by atoms with Gasteiger partial charge in [0.1, 0.15) is 0 Å². The summed E-state index contributed by atoms with van der Waals surface area (Å²) < 4.78 is 44.2. The molecule has 6 nitrogen and oxygen atoms in total. The predicted octanol–water partition coefficient (Wildman–Crippen LogP) is 13.2. The van der Waals surface area contributed by atoms with Crippen molar-refractivity contribution in [3.8, 4) is 0 Å². The zero-order valence-electron chi connectivity index (χ0n) is 35.4. The van der Waals surface area contributed by atoms with Crippen LogP contribution in [0, 0.1) is 0 Å². The summed E-state index contributed by atoms with van der Waals surface area (Å²) >= 11 is 0. The van der Waals surface area contributed by atoms with Crippen molar-refractivity contribution in [3.05, 3.63) is 0 Å². The van der Waals surface area contributed by atoms with Gasteiger partial charge in [0, 0.05) is 13.7 Å². The molecule has 14 heteroatoms. The van der Waals surface area contributed by atoms with Crippen molar-refractivity contribution in [1.82, 2.24) is 0 Å². The lowest BCUT2D eigenvalue weighted by Crippen LogP contribution is -2.62. The Hall–Kier alpha value is 1.50. The van der Waals surface area contributed by atoms with Crippen LogP contribution in [-0.2, 0) is 25.0 Å². The van der Waals surface area contributed by atoms with Crippen LogP contribution in [0.4, 0.5) is 0 Å². The lowest BCUT2D eigenvalue weighted by Gasteiger charge is -2.46. The fourth-order valence-corrected chi connectivity index (χ4v) is 49.2. The highest BCUT2D eigenvalue weighted by Crippen LogP contribution is 2.40. The van der Waals surface area contributed by atoms with E-state index in [0.29, 0.717) is 0 Å². The Morgan fingerprint density at radius 1 is 0.440 bits per heavy atom. The van der Waals surface area contributed by atoms with Gasteiger partial charge in [0.05, 0.1) is 0 Å². The van der Waals surface area contributed by atoms with E-state index >= 15 is 0 Å². The topological polar surface area (TPSA) is 55.4 Å². The minimum Gasteiger partial charge on any atom is -0.437 e. The Morgan fingerprint density at radius 2 is 0.840 bits per heavy atom. The quantitative estimate of drug-likeness (QED) is 0.203. The van der Waals surface area contributed by atoms with Gasteiger partial charge in [-0.3, -0.25) is 0 Å². The number of rotatable bonds is 5. The molecule has 0 radical (unpaired) electrons. The largest absolute Gasteiger partial charge is 0.466 e. The van der Waals surface area contributed by atoms with Crippen molar-refractivity contribution in [3.63, 3.8) is 0 Å². The molecule has 0 N–H and O–H groups in total. The first-order chi connectivity index (χ1) is 23.2. The summed E-state index contributed by atoms with van der Waals surface area (Å²) in [4.78, 5) is 0. The fraction of sp³-hybridized carbons (Fsp3) is 1.00. The third-order valence-electron chi connectivity index (χ3n) is 12.5. The molecule has 4 bridgehead atoms. The Morgan fingerprint density at radius 3 is 1.28 bits per heavy atom. The summed E-state index contributed by atoms with van der Waals surface area (Å²) in [6.07, 6.45) is 16.4. The van der Waals surface area contributed by atoms with Crippen molar-refractivity contribution < 1.29 is 25.0 Å². The third-order valence-corrected chi connectivity index (χ3v) is 47.6. The minimum atomic E-state index is -2.93. The second kappa shape index (κ2) is 19.6. The van der Waals surface area contributed by atoms with Gasteiger partial charge < -0.3 is 25.0 Å².